The van der Waals surface area contributed by atoms with Gasteiger partial charge in [-0.05, 0) is 12.1 Å². The average molecular weight is 191 g/mol. The number of hydrogen-bond acceptors (Lipinski definition) is 3. The van der Waals surface area contributed by atoms with Crippen molar-refractivity contribution in [1.29, 1.82) is 0 Å². The highest BCUT2D eigenvalue weighted by molar-refractivity contribution is 6.02. The van der Waals surface area contributed by atoms with Crippen LogP contribution in [0.25, 0.3) is 10.9 Å². The van der Waals surface area contributed by atoms with E-state index in [1.165, 1.54) is 11.0 Å². The maximum Gasteiger partial charge on any atom is 0.336 e. The van der Waals surface area contributed by atoms with Crippen LogP contribution in [0.2, 0.25) is 0 Å². The lowest BCUT2D eigenvalue weighted by Gasteiger charge is -2.01. The van der Waals surface area contributed by atoms with Crippen LogP contribution in [0.1, 0.15) is 10.4 Å². The Labute approximate surface area is 79.9 Å². The molecule has 0 aliphatic carbocycles. The van der Waals surface area contributed by atoms with Crippen LogP contribution in [0, 0.1) is 0 Å². The summed E-state index contributed by atoms with van der Waals surface area (Å²) < 4.78 is 0. The number of aromatic carboxylic acids is 1. The first kappa shape index (κ1) is 8.55. The number of fused-ring (bicyclic) bond motifs is 1. The average Bonchev–Trinajstić information content (AvgIpc) is 2.59. The zero-order chi connectivity index (χ0) is 10.1. The van der Waals surface area contributed by atoms with Crippen LogP contribution < -0.4 is 5.43 Å². The zero-order valence-corrected chi connectivity index (χ0v) is 7.56. The molecule has 0 aliphatic heterocycles. The second-order valence-electron chi connectivity index (χ2n) is 2.82. The predicted molar refractivity (Wildman–Crippen MR) is 52.0 cm³/mol. The van der Waals surface area contributed by atoms with Gasteiger partial charge in [0.05, 0.1) is 17.3 Å². The number of carboxylic acid groups (broad SMARTS) is 1. The fraction of sp³-hybridized carbons (Fsp3) is 0.111. The van der Waals surface area contributed by atoms with E-state index in [1.54, 1.807) is 19.2 Å². The van der Waals surface area contributed by atoms with Gasteiger partial charge >= 0.3 is 5.97 Å². The molecule has 0 fully saturated rings. The van der Waals surface area contributed by atoms with Crippen molar-refractivity contribution >= 4 is 16.9 Å². The van der Waals surface area contributed by atoms with Gasteiger partial charge < -0.3 is 10.5 Å². The maximum atomic E-state index is 10.9. The maximum absolute atomic E-state index is 10.9. The third kappa shape index (κ3) is 1.10. The molecule has 1 aromatic carbocycles. The van der Waals surface area contributed by atoms with E-state index in [9.17, 15) is 4.79 Å². The minimum absolute atomic E-state index is 0.268. The normalized spacial score (nSPS) is 10.4. The third-order valence-electron chi connectivity index (χ3n) is 2.06. The van der Waals surface area contributed by atoms with Gasteiger partial charge in [0.1, 0.15) is 0 Å². The Morgan fingerprint density at radius 3 is 3.00 bits per heavy atom. The molecule has 0 amide bonds. The second-order valence-corrected chi connectivity index (χ2v) is 2.82. The highest BCUT2D eigenvalue weighted by atomic mass is 16.4. The van der Waals surface area contributed by atoms with Crippen LogP contribution in [-0.2, 0) is 0 Å². The van der Waals surface area contributed by atoms with Crippen LogP contribution >= 0.6 is 0 Å². The van der Waals surface area contributed by atoms with Gasteiger partial charge in [-0.25, -0.2) is 4.79 Å². The van der Waals surface area contributed by atoms with Gasteiger partial charge in [-0.1, -0.05) is 6.07 Å². The molecule has 5 nitrogen and oxygen atoms in total. The van der Waals surface area contributed by atoms with Crippen molar-refractivity contribution in [2.24, 2.45) is 0 Å². The predicted octanol–water partition coefficient (Wildman–Crippen LogP) is 0.908. The Morgan fingerprint density at radius 2 is 2.36 bits per heavy atom. The fourth-order valence-corrected chi connectivity index (χ4v) is 1.42. The molecule has 0 aliphatic rings. The van der Waals surface area contributed by atoms with Crippen LogP contribution in [-0.4, -0.2) is 28.0 Å². The molecule has 0 atom stereocenters. The number of aromatic nitrogens is 2. The van der Waals surface area contributed by atoms with Crippen molar-refractivity contribution in [2.45, 2.75) is 0 Å². The highest BCUT2D eigenvalue weighted by Crippen LogP contribution is 2.17. The largest absolute Gasteiger partial charge is 0.478 e. The number of rotatable bonds is 2. The third-order valence-corrected chi connectivity index (χ3v) is 2.06. The Kier molecular flexibility index (Phi) is 1.85. The summed E-state index contributed by atoms with van der Waals surface area (Å²) in [5, 5.41) is 13.5. The molecule has 2 N–H and O–H groups in total. The van der Waals surface area contributed by atoms with E-state index in [4.69, 9.17) is 5.11 Å². The van der Waals surface area contributed by atoms with Gasteiger partial charge in [-0.15, -0.1) is 0 Å². The minimum atomic E-state index is -0.939. The van der Waals surface area contributed by atoms with Crippen molar-refractivity contribution in [3.05, 3.63) is 30.0 Å². The number of nitrogens with one attached hydrogen (secondary N) is 1. The quantitative estimate of drug-likeness (QED) is 0.740. The molecule has 0 radical (unpaired) electrons. The van der Waals surface area contributed by atoms with Crippen molar-refractivity contribution in [3.63, 3.8) is 0 Å². The first-order chi connectivity index (χ1) is 6.74. The number of carbonyl (C=O) groups is 1. The highest BCUT2D eigenvalue weighted by Gasteiger charge is 2.10. The monoisotopic (exact) mass is 191 g/mol. The minimum Gasteiger partial charge on any atom is -0.478 e. The first-order valence-electron chi connectivity index (χ1n) is 4.12. The zero-order valence-electron chi connectivity index (χ0n) is 7.56. The summed E-state index contributed by atoms with van der Waals surface area (Å²) >= 11 is 0. The molecule has 0 unspecified atom stereocenters. The smallest absolute Gasteiger partial charge is 0.336 e. The van der Waals surface area contributed by atoms with Crippen LogP contribution in [0.4, 0.5) is 0 Å². The topological polar surface area (TPSA) is 67.2 Å². The molecule has 0 bridgehead atoms. The Hall–Kier alpha value is -2.04. The molecule has 0 spiro atoms. The van der Waals surface area contributed by atoms with E-state index in [1.807, 2.05) is 6.07 Å². The number of carboxylic acids is 1. The van der Waals surface area contributed by atoms with Gasteiger partial charge in [0.2, 0.25) is 0 Å². The summed E-state index contributed by atoms with van der Waals surface area (Å²) in [6.07, 6.45) is 1.54. The van der Waals surface area contributed by atoms with E-state index in [-0.39, 0.29) is 5.56 Å². The molecule has 2 aromatic rings. The van der Waals surface area contributed by atoms with Gasteiger partial charge in [0.25, 0.3) is 0 Å². The van der Waals surface area contributed by atoms with Crippen LogP contribution in [0.15, 0.2) is 24.4 Å². The van der Waals surface area contributed by atoms with Gasteiger partial charge in [0.15, 0.2) is 0 Å². The lowest BCUT2D eigenvalue weighted by Crippen LogP contribution is -2.09. The summed E-state index contributed by atoms with van der Waals surface area (Å²) in [5.74, 6) is -0.939. The van der Waals surface area contributed by atoms with Crippen LogP contribution in [0.3, 0.4) is 0 Å². The summed E-state index contributed by atoms with van der Waals surface area (Å²) in [4.78, 5) is 12.4. The fourth-order valence-electron chi connectivity index (χ4n) is 1.42. The molecule has 2 rings (SSSR count). The Balaban J connectivity index is 2.76. The molecular formula is C9H9N3O2. The molecule has 0 saturated heterocycles. The molecule has 14 heavy (non-hydrogen) atoms. The van der Waals surface area contributed by atoms with Crippen molar-refractivity contribution < 1.29 is 9.90 Å². The SMILES string of the molecule is CNn1ncc2c(C(=O)O)cccc21. The number of benzene rings is 1. The molecule has 0 saturated carbocycles. The summed E-state index contributed by atoms with van der Waals surface area (Å²) in [6, 6.07) is 5.07. The molecule has 1 heterocycles. The van der Waals surface area contributed by atoms with Crippen molar-refractivity contribution in [3.8, 4) is 0 Å². The van der Waals surface area contributed by atoms with Crippen molar-refractivity contribution in [2.75, 3.05) is 12.5 Å². The van der Waals surface area contributed by atoms with E-state index in [2.05, 4.69) is 10.5 Å². The van der Waals surface area contributed by atoms with Gasteiger partial charge in [0, 0.05) is 12.4 Å². The molecular weight excluding hydrogens is 182 g/mol. The molecule has 5 heteroatoms. The van der Waals surface area contributed by atoms with Gasteiger partial charge in [-0.2, -0.15) is 9.89 Å². The molecule has 1 aromatic heterocycles. The van der Waals surface area contributed by atoms with E-state index < -0.39 is 5.97 Å². The number of hydrogen-bond donors (Lipinski definition) is 2. The lowest BCUT2D eigenvalue weighted by atomic mass is 10.1. The summed E-state index contributed by atoms with van der Waals surface area (Å²) in [5.41, 5.74) is 3.85. The lowest BCUT2D eigenvalue weighted by molar-refractivity contribution is 0.0699. The standard InChI is InChI=1S/C9H9N3O2/c1-10-12-8-4-2-3-6(9(13)14)7(8)5-11-12/h2-5,10H,1H3,(H,13,14). The Bertz CT molecular complexity index is 490. The second kappa shape index (κ2) is 3.02. The van der Waals surface area contributed by atoms with Gasteiger partial charge in [-0.3, -0.25) is 0 Å². The number of nitrogens with zero attached hydrogens (tertiary/aromatic N) is 2. The Morgan fingerprint density at radius 1 is 1.57 bits per heavy atom. The molecule has 72 valence electrons. The summed E-state index contributed by atoms with van der Waals surface area (Å²) in [7, 11) is 1.72. The summed E-state index contributed by atoms with van der Waals surface area (Å²) in [6.45, 7) is 0. The first-order valence-corrected chi connectivity index (χ1v) is 4.12. The van der Waals surface area contributed by atoms with E-state index in [0.29, 0.717) is 5.39 Å². The van der Waals surface area contributed by atoms with E-state index >= 15 is 0 Å². The van der Waals surface area contributed by atoms with E-state index in [0.717, 1.165) is 5.52 Å². The van der Waals surface area contributed by atoms with Crippen LogP contribution in [0.5, 0.6) is 0 Å². The van der Waals surface area contributed by atoms with Crippen molar-refractivity contribution in [1.82, 2.24) is 9.89 Å².